The largest absolute Gasteiger partial charge is 0.463 e. The van der Waals surface area contributed by atoms with Crippen molar-refractivity contribution in [2.45, 2.75) is 64.3 Å². The number of alkyl halides is 1. The second kappa shape index (κ2) is 5.86. The van der Waals surface area contributed by atoms with Gasteiger partial charge in [0.25, 0.3) is 0 Å². The van der Waals surface area contributed by atoms with Crippen LogP contribution in [0.1, 0.15) is 27.7 Å². The second-order valence-corrected chi connectivity index (χ2v) is 5.47. The fraction of sp³-hybridized carbons (Fsp3) is 0.846. The molecule has 2 aliphatic rings. The maximum atomic E-state index is 14.1. The Morgan fingerprint density at radius 2 is 1.76 bits per heavy atom. The minimum Gasteiger partial charge on any atom is -0.463 e. The van der Waals surface area contributed by atoms with E-state index in [1.54, 1.807) is 13.8 Å². The summed E-state index contributed by atoms with van der Waals surface area (Å²) in [5.74, 6) is -2.13. The molecule has 120 valence electrons. The predicted molar refractivity (Wildman–Crippen MR) is 65.8 cm³/mol. The van der Waals surface area contributed by atoms with E-state index in [1.165, 1.54) is 13.8 Å². The highest BCUT2D eigenvalue weighted by molar-refractivity contribution is 5.66. The molecule has 0 bridgehead atoms. The topological polar surface area (TPSA) is 80.3 Å². The van der Waals surface area contributed by atoms with Crippen molar-refractivity contribution in [3.63, 3.8) is 0 Å². The van der Waals surface area contributed by atoms with Gasteiger partial charge in [-0.1, -0.05) is 0 Å². The quantitative estimate of drug-likeness (QED) is 0.710. The molecule has 2 aliphatic heterocycles. The Labute approximate surface area is 121 Å². The van der Waals surface area contributed by atoms with E-state index in [9.17, 15) is 14.0 Å². The van der Waals surface area contributed by atoms with Gasteiger partial charge in [0.05, 0.1) is 0 Å². The van der Waals surface area contributed by atoms with E-state index in [0.717, 1.165) is 0 Å². The van der Waals surface area contributed by atoms with E-state index in [1.807, 2.05) is 0 Å². The minimum atomic E-state index is -1.88. The van der Waals surface area contributed by atoms with Crippen LogP contribution in [0.5, 0.6) is 0 Å². The number of rotatable bonds is 3. The van der Waals surface area contributed by atoms with Crippen molar-refractivity contribution in [1.82, 2.24) is 0 Å². The molecule has 2 fully saturated rings. The number of hydrogen-bond donors (Lipinski definition) is 0. The third kappa shape index (κ3) is 3.69. The Hall–Kier alpha value is -1.25. The van der Waals surface area contributed by atoms with Crippen molar-refractivity contribution in [2.75, 3.05) is 6.61 Å². The lowest BCUT2D eigenvalue weighted by molar-refractivity contribution is -0.246. The van der Waals surface area contributed by atoms with Crippen LogP contribution in [-0.2, 0) is 33.3 Å². The first-order valence-corrected chi connectivity index (χ1v) is 6.65. The third-order valence-corrected chi connectivity index (χ3v) is 3.17. The number of ether oxygens (including phenoxy) is 5. The molecule has 0 aromatic carbocycles. The average Bonchev–Trinajstić information content (AvgIpc) is 2.66. The molecule has 0 aromatic heterocycles. The van der Waals surface area contributed by atoms with Crippen molar-refractivity contribution in [3.05, 3.63) is 0 Å². The summed E-state index contributed by atoms with van der Waals surface area (Å²) in [7, 11) is 0. The third-order valence-electron chi connectivity index (χ3n) is 3.17. The molecule has 0 spiro atoms. The molecule has 0 aromatic rings. The van der Waals surface area contributed by atoms with Crippen LogP contribution in [0.3, 0.4) is 0 Å². The van der Waals surface area contributed by atoms with Crippen molar-refractivity contribution in [2.24, 2.45) is 0 Å². The number of carbonyl (C=O) groups excluding carboxylic acids is 2. The van der Waals surface area contributed by atoms with Gasteiger partial charge >= 0.3 is 11.9 Å². The molecule has 7 nitrogen and oxygen atoms in total. The maximum Gasteiger partial charge on any atom is 0.303 e. The van der Waals surface area contributed by atoms with E-state index in [2.05, 4.69) is 0 Å². The Morgan fingerprint density at radius 3 is 2.33 bits per heavy atom. The Balaban J connectivity index is 2.15. The maximum absolute atomic E-state index is 14.1. The van der Waals surface area contributed by atoms with Gasteiger partial charge in [-0.2, -0.15) is 0 Å². The second-order valence-electron chi connectivity index (χ2n) is 5.47. The lowest BCUT2D eigenvalue weighted by Crippen LogP contribution is -2.57. The number of carbonyl (C=O) groups is 2. The Bertz CT molecular complexity index is 425. The van der Waals surface area contributed by atoms with Gasteiger partial charge < -0.3 is 23.7 Å². The van der Waals surface area contributed by atoms with E-state index in [4.69, 9.17) is 23.7 Å². The molecule has 0 radical (unpaired) electrons. The molecule has 0 amide bonds. The fourth-order valence-corrected chi connectivity index (χ4v) is 2.48. The van der Waals surface area contributed by atoms with Crippen LogP contribution in [0.25, 0.3) is 0 Å². The van der Waals surface area contributed by atoms with Crippen LogP contribution in [-0.4, -0.2) is 55.1 Å². The zero-order valence-electron chi connectivity index (χ0n) is 12.3. The highest BCUT2D eigenvalue weighted by Gasteiger charge is 2.57. The molecular formula is C13H19FO7. The van der Waals surface area contributed by atoms with E-state index < -0.39 is 48.5 Å². The van der Waals surface area contributed by atoms with Crippen LogP contribution in [0.2, 0.25) is 0 Å². The van der Waals surface area contributed by atoms with Gasteiger partial charge in [-0.25, -0.2) is 4.39 Å². The summed E-state index contributed by atoms with van der Waals surface area (Å²) in [4.78, 5) is 22.0. The molecule has 0 saturated carbocycles. The molecule has 5 atom stereocenters. The van der Waals surface area contributed by atoms with Crippen LogP contribution >= 0.6 is 0 Å². The monoisotopic (exact) mass is 306 g/mol. The van der Waals surface area contributed by atoms with Crippen LogP contribution in [0.15, 0.2) is 0 Å². The van der Waals surface area contributed by atoms with Gasteiger partial charge in [-0.15, -0.1) is 0 Å². The number of hydrogen-bond acceptors (Lipinski definition) is 7. The van der Waals surface area contributed by atoms with Crippen molar-refractivity contribution < 1.29 is 37.7 Å². The van der Waals surface area contributed by atoms with Gasteiger partial charge in [-0.05, 0) is 13.8 Å². The molecule has 0 N–H and O–H groups in total. The zero-order valence-corrected chi connectivity index (χ0v) is 12.3. The van der Waals surface area contributed by atoms with Crippen LogP contribution < -0.4 is 0 Å². The molecule has 2 heterocycles. The van der Waals surface area contributed by atoms with Crippen molar-refractivity contribution in [1.29, 1.82) is 0 Å². The summed E-state index contributed by atoms with van der Waals surface area (Å²) in [5.41, 5.74) is 0. The van der Waals surface area contributed by atoms with Crippen molar-refractivity contribution in [3.8, 4) is 0 Å². The predicted octanol–water partition coefficient (Wildman–Crippen LogP) is 0.696. The number of esters is 2. The number of fused-ring (bicyclic) bond motifs is 1. The van der Waals surface area contributed by atoms with Crippen molar-refractivity contribution >= 4 is 11.9 Å². The average molecular weight is 306 g/mol. The summed E-state index contributed by atoms with van der Waals surface area (Å²) < 4.78 is 40.3. The molecule has 8 heteroatoms. The van der Waals surface area contributed by atoms with E-state index in [0.29, 0.717) is 0 Å². The highest BCUT2D eigenvalue weighted by atomic mass is 19.1. The molecule has 0 unspecified atom stereocenters. The van der Waals surface area contributed by atoms with Crippen LogP contribution in [0, 0.1) is 0 Å². The van der Waals surface area contributed by atoms with E-state index in [-0.39, 0.29) is 6.61 Å². The summed E-state index contributed by atoms with van der Waals surface area (Å²) in [6.07, 6.45) is -5.46. The molecule has 2 rings (SSSR count). The molecule has 0 aliphatic carbocycles. The molecule has 2 saturated heterocycles. The minimum absolute atomic E-state index is 0.164. The zero-order chi connectivity index (χ0) is 15.8. The molecular weight excluding hydrogens is 287 g/mol. The van der Waals surface area contributed by atoms with Gasteiger partial charge in [0.15, 0.2) is 11.9 Å². The van der Waals surface area contributed by atoms with E-state index >= 15 is 0 Å². The van der Waals surface area contributed by atoms with Gasteiger partial charge in [0.1, 0.15) is 24.9 Å². The Morgan fingerprint density at radius 1 is 1.14 bits per heavy atom. The summed E-state index contributed by atoms with van der Waals surface area (Å²) >= 11 is 0. The first-order chi connectivity index (χ1) is 9.69. The Kier molecular flexibility index (Phi) is 4.50. The van der Waals surface area contributed by atoms with Crippen LogP contribution in [0.4, 0.5) is 4.39 Å². The first kappa shape index (κ1) is 16.1. The van der Waals surface area contributed by atoms with Gasteiger partial charge in [0, 0.05) is 13.8 Å². The SMILES string of the molecule is CC(=O)OC[C@H]1O[C@H](F)[C@H](OC(C)=O)[C@H]2OC(C)(C)O[C@H]21. The summed E-state index contributed by atoms with van der Waals surface area (Å²) in [6.45, 7) is 5.57. The lowest BCUT2D eigenvalue weighted by atomic mass is 9.99. The smallest absolute Gasteiger partial charge is 0.303 e. The molecule has 21 heavy (non-hydrogen) atoms. The summed E-state index contributed by atoms with van der Waals surface area (Å²) in [6, 6.07) is 0. The first-order valence-electron chi connectivity index (χ1n) is 6.65. The highest BCUT2D eigenvalue weighted by Crippen LogP contribution is 2.39. The standard InChI is InChI=1S/C13H19FO7/c1-6(15)17-5-8-9-10(21-13(3,4)20-9)11(12(14)19-8)18-7(2)16/h8-12H,5H2,1-4H3/t8-,9+,10+,11-,12+/m1/s1. The summed E-state index contributed by atoms with van der Waals surface area (Å²) in [5, 5.41) is 0. The fourth-order valence-electron chi connectivity index (χ4n) is 2.48. The lowest BCUT2D eigenvalue weighted by Gasteiger charge is -2.37. The van der Waals surface area contributed by atoms with Gasteiger partial charge in [-0.3, -0.25) is 9.59 Å². The number of halogens is 1. The normalized spacial score (nSPS) is 37.7. The van der Waals surface area contributed by atoms with Gasteiger partial charge in [0.2, 0.25) is 6.36 Å².